The number of benzene rings is 1. The Hall–Kier alpha value is -1.02. The molecule has 0 amide bonds. The van der Waals surface area contributed by atoms with Crippen LogP contribution in [0.1, 0.15) is 12.5 Å². The van der Waals surface area contributed by atoms with Crippen molar-refractivity contribution in [3.63, 3.8) is 0 Å². The summed E-state index contributed by atoms with van der Waals surface area (Å²) in [7, 11) is -3.57. The first-order valence-electron chi connectivity index (χ1n) is 6.62. The van der Waals surface area contributed by atoms with E-state index in [0.717, 1.165) is 0 Å². The number of hydrogen-bond donors (Lipinski definition) is 1. The van der Waals surface area contributed by atoms with E-state index >= 15 is 0 Å². The average Bonchev–Trinajstić information content (AvgIpc) is 2.47. The molecular formula is C13H19FN2O3S. The Bertz CT molecular complexity index is 557. The molecule has 0 spiro atoms. The Kier molecular flexibility index (Phi) is 5.09. The van der Waals surface area contributed by atoms with E-state index in [0.29, 0.717) is 45.0 Å². The third-order valence-corrected chi connectivity index (χ3v) is 5.09. The van der Waals surface area contributed by atoms with Crippen LogP contribution < -0.4 is 5.32 Å². The molecule has 1 saturated heterocycles. The fourth-order valence-electron chi connectivity index (χ4n) is 2.04. The van der Waals surface area contributed by atoms with Gasteiger partial charge < -0.3 is 10.1 Å². The Balaban J connectivity index is 2.26. The highest BCUT2D eigenvalue weighted by Gasteiger charge is 2.26. The summed E-state index contributed by atoms with van der Waals surface area (Å²) in [4.78, 5) is 0.133. The van der Waals surface area contributed by atoms with Gasteiger partial charge in [-0.2, -0.15) is 4.31 Å². The first-order valence-corrected chi connectivity index (χ1v) is 8.06. The smallest absolute Gasteiger partial charge is 0.243 e. The summed E-state index contributed by atoms with van der Waals surface area (Å²) in [5, 5.41) is 3.00. The molecule has 0 bridgehead atoms. The number of sulfonamides is 1. The summed E-state index contributed by atoms with van der Waals surface area (Å²) in [6.45, 7) is 4.38. The molecule has 1 aromatic rings. The van der Waals surface area contributed by atoms with Crippen molar-refractivity contribution in [2.45, 2.75) is 18.4 Å². The zero-order chi connectivity index (χ0) is 14.6. The van der Waals surface area contributed by atoms with Crippen LogP contribution >= 0.6 is 0 Å². The maximum Gasteiger partial charge on any atom is 0.243 e. The van der Waals surface area contributed by atoms with Crippen LogP contribution in [0.4, 0.5) is 4.39 Å². The van der Waals surface area contributed by atoms with E-state index < -0.39 is 15.8 Å². The minimum atomic E-state index is -3.57. The molecule has 0 unspecified atom stereocenters. The van der Waals surface area contributed by atoms with Crippen LogP contribution in [0.3, 0.4) is 0 Å². The summed E-state index contributed by atoms with van der Waals surface area (Å²) in [5.41, 5.74) is 0.362. The van der Waals surface area contributed by atoms with Crippen LogP contribution in [0.2, 0.25) is 0 Å². The van der Waals surface area contributed by atoms with Gasteiger partial charge in [0.25, 0.3) is 0 Å². The maximum absolute atomic E-state index is 13.7. The molecule has 0 saturated carbocycles. The topological polar surface area (TPSA) is 58.6 Å². The summed E-state index contributed by atoms with van der Waals surface area (Å²) in [5.74, 6) is -0.396. The molecular weight excluding hydrogens is 283 g/mol. The second kappa shape index (κ2) is 6.62. The molecule has 1 aliphatic rings. The van der Waals surface area contributed by atoms with Crippen molar-refractivity contribution in [2.24, 2.45) is 0 Å². The van der Waals surface area contributed by atoms with E-state index in [1.54, 1.807) is 0 Å². The number of nitrogens with zero attached hydrogens (tertiary/aromatic N) is 1. The highest BCUT2D eigenvalue weighted by Crippen LogP contribution is 2.20. The van der Waals surface area contributed by atoms with Gasteiger partial charge in [0.15, 0.2) is 0 Å². The van der Waals surface area contributed by atoms with Gasteiger partial charge in [0, 0.05) is 25.2 Å². The van der Waals surface area contributed by atoms with Crippen molar-refractivity contribution in [1.29, 1.82) is 0 Å². The van der Waals surface area contributed by atoms with Gasteiger partial charge in [-0.15, -0.1) is 0 Å². The lowest BCUT2D eigenvalue weighted by molar-refractivity contribution is 0.0730. The van der Waals surface area contributed by atoms with Gasteiger partial charge >= 0.3 is 0 Å². The van der Waals surface area contributed by atoms with E-state index in [1.165, 1.54) is 22.5 Å². The van der Waals surface area contributed by atoms with Gasteiger partial charge in [-0.3, -0.25) is 0 Å². The lowest BCUT2D eigenvalue weighted by atomic mass is 10.2. The second-order valence-electron chi connectivity index (χ2n) is 4.55. The van der Waals surface area contributed by atoms with Crippen molar-refractivity contribution in [3.05, 3.63) is 29.6 Å². The molecule has 1 N–H and O–H groups in total. The van der Waals surface area contributed by atoms with Crippen molar-refractivity contribution in [2.75, 3.05) is 32.8 Å². The first kappa shape index (κ1) is 15.4. The van der Waals surface area contributed by atoms with E-state index in [4.69, 9.17) is 4.74 Å². The van der Waals surface area contributed by atoms with E-state index in [1.807, 2.05) is 6.92 Å². The number of halogens is 1. The monoisotopic (exact) mass is 302 g/mol. The van der Waals surface area contributed by atoms with Crippen LogP contribution in [0.5, 0.6) is 0 Å². The molecule has 0 aromatic heterocycles. The molecule has 0 radical (unpaired) electrons. The van der Waals surface area contributed by atoms with E-state index in [2.05, 4.69) is 5.32 Å². The number of rotatable bonds is 5. The van der Waals surface area contributed by atoms with Crippen LogP contribution in [0.15, 0.2) is 23.1 Å². The van der Waals surface area contributed by atoms with Crippen LogP contribution in [-0.4, -0.2) is 45.6 Å². The summed E-state index contributed by atoms with van der Waals surface area (Å²) in [6.07, 6.45) is 0. The van der Waals surface area contributed by atoms with Crippen LogP contribution in [0, 0.1) is 5.82 Å². The van der Waals surface area contributed by atoms with Gasteiger partial charge in [0.05, 0.1) is 18.1 Å². The number of hydrogen-bond acceptors (Lipinski definition) is 4. The molecule has 1 fully saturated rings. The normalized spacial score (nSPS) is 17.3. The SMILES string of the molecule is CCNCc1cc(S(=O)(=O)N2CCOCC2)ccc1F. The predicted octanol–water partition coefficient (Wildman–Crippen LogP) is 0.956. The molecule has 5 nitrogen and oxygen atoms in total. The Morgan fingerprint density at radius 1 is 1.35 bits per heavy atom. The van der Waals surface area contributed by atoms with Crippen LogP contribution in [-0.2, 0) is 21.3 Å². The van der Waals surface area contributed by atoms with Gasteiger partial charge in [0.2, 0.25) is 10.0 Å². The zero-order valence-corrected chi connectivity index (χ0v) is 12.2. The second-order valence-corrected chi connectivity index (χ2v) is 6.49. The fourth-order valence-corrected chi connectivity index (χ4v) is 3.50. The Morgan fingerprint density at radius 2 is 2.05 bits per heavy atom. The first-order chi connectivity index (χ1) is 9.55. The van der Waals surface area contributed by atoms with Crippen molar-refractivity contribution >= 4 is 10.0 Å². The minimum absolute atomic E-state index is 0.133. The molecule has 0 atom stereocenters. The number of morpholine rings is 1. The number of ether oxygens (including phenoxy) is 1. The maximum atomic E-state index is 13.7. The summed E-state index contributed by atoms with van der Waals surface area (Å²) in [6, 6.07) is 3.93. The van der Waals surface area contributed by atoms with Gasteiger partial charge in [-0.1, -0.05) is 6.92 Å². The van der Waals surface area contributed by atoms with Gasteiger partial charge in [-0.25, -0.2) is 12.8 Å². The van der Waals surface area contributed by atoms with Crippen molar-refractivity contribution in [1.82, 2.24) is 9.62 Å². The summed E-state index contributed by atoms with van der Waals surface area (Å²) < 4.78 is 45.1. The molecule has 0 aliphatic carbocycles. The Labute approximate surface area is 118 Å². The van der Waals surface area contributed by atoms with Gasteiger partial charge in [0.1, 0.15) is 5.82 Å². The summed E-state index contributed by atoms with van der Waals surface area (Å²) >= 11 is 0. The molecule has 1 aromatic carbocycles. The third kappa shape index (κ3) is 3.35. The third-order valence-electron chi connectivity index (χ3n) is 3.19. The van der Waals surface area contributed by atoms with Gasteiger partial charge in [-0.05, 0) is 24.7 Å². The zero-order valence-electron chi connectivity index (χ0n) is 11.4. The Morgan fingerprint density at radius 3 is 2.70 bits per heavy atom. The minimum Gasteiger partial charge on any atom is -0.379 e. The highest BCUT2D eigenvalue weighted by molar-refractivity contribution is 7.89. The predicted molar refractivity (Wildman–Crippen MR) is 73.4 cm³/mol. The van der Waals surface area contributed by atoms with E-state index in [-0.39, 0.29) is 4.90 Å². The highest BCUT2D eigenvalue weighted by atomic mass is 32.2. The average molecular weight is 302 g/mol. The van der Waals surface area contributed by atoms with E-state index in [9.17, 15) is 12.8 Å². The van der Waals surface area contributed by atoms with Crippen molar-refractivity contribution in [3.8, 4) is 0 Å². The molecule has 7 heteroatoms. The lowest BCUT2D eigenvalue weighted by Crippen LogP contribution is -2.40. The molecule has 1 heterocycles. The standard InChI is InChI=1S/C13H19FN2O3S/c1-2-15-10-11-9-12(3-4-13(11)14)20(17,18)16-5-7-19-8-6-16/h3-4,9,15H,2,5-8,10H2,1H3. The number of nitrogens with one attached hydrogen (secondary N) is 1. The molecule has 20 heavy (non-hydrogen) atoms. The quantitative estimate of drug-likeness (QED) is 0.880. The largest absolute Gasteiger partial charge is 0.379 e. The van der Waals surface area contributed by atoms with Crippen molar-refractivity contribution < 1.29 is 17.5 Å². The molecule has 112 valence electrons. The molecule has 2 rings (SSSR count). The van der Waals surface area contributed by atoms with Crippen LogP contribution in [0.25, 0.3) is 0 Å². The fraction of sp³-hybridized carbons (Fsp3) is 0.538. The lowest BCUT2D eigenvalue weighted by Gasteiger charge is -2.26. The molecule has 1 aliphatic heterocycles.